The number of primary amides is 1. The molecule has 0 aliphatic carbocycles. The van der Waals surface area contributed by atoms with E-state index < -0.39 is 5.91 Å². The van der Waals surface area contributed by atoms with Gasteiger partial charge in [0.25, 0.3) is 0 Å². The Labute approximate surface area is 126 Å². The van der Waals surface area contributed by atoms with Crippen molar-refractivity contribution in [2.75, 3.05) is 32.4 Å². The Morgan fingerprint density at radius 2 is 2.05 bits per heavy atom. The standard InChI is InChI=1S/C16H26N4O/c1-3-20-8-6-14(7-9-20)19(2)11-13-5-4-12(16(18)21)10-15(13)17/h4-5,10,14H,3,6-9,11,17H2,1-2H3,(H2,18,21). The third-order valence-corrected chi connectivity index (χ3v) is 4.48. The molecule has 1 aliphatic rings. The fourth-order valence-corrected chi connectivity index (χ4v) is 2.97. The first kappa shape index (κ1) is 15.8. The summed E-state index contributed by atoms with van der Waals surface area (Å²) in [5.41, 5.74) is 13.5. The second-order valence-corrected chi connectivity index (χ2v) is 5.86. The van der Waals surface area contributed by atoms with Gasteiger partial charge in [0, 0.05) is 23.8 Å². The average Bonchev–Trinajstić information content (AvgIpc) is 2.49. The van der Waals surface area contributed by atoms with Crippen molar-refractivity contribution in [3.8, 4) is 0 Å². The molecule has 0 spiro atoms. The van der Waals surface area contributed by atoms with Crippen LogP contribution in [0.5, 0.6) is 0 Å². The smallest absolute Gasteiger partial charge is 0.248 e. The molecular weight excluding hydrogens is 264 g/mol. The maximum atomic E-state index is 11.1. The lowest BCUT2D eigenvalue weighted by molar-refractivity contribution is 0.1000. The third-order valence-electron chi connectivity index (χ3n) is 4.48. The predicted octanol–water partition coefficient (Wildman–Crippen LogP) is 1.28. The lowest BCUT2D eigenvalue weighted by atomic mass is 10.0. The molecule has 4 N–H and O–H groups in total. The van der Waals surface area contributed by atoms with E-state index in [1.54, 1.807) is 12.1 Å². The molecule has 0 atom stereocenters. The van der Waals surface area contributed by atoms with Gasteiger partial charge in [-0.05, 0) is 57.2 Å². The van der Waals surface area contributed by atoms with Gasteiger partial charge in [-0.25, -0.2) is 0 Å². The molecule has 5 nitrogen and oxygen atoms in total. The first-order valence-corrected chi connectivity index (χ1v) is 7.62. The zero-order valence-corrected chi connectivity index (χ0v) is 13.0. The summed E-state index contributed by atoms with van der Waals surface area (Å²) in [6, 6.07) is 5.93. The van der Waals surface area contributed by atoms with Gasteiger partial charge in [-0.3, -0.25) is 9.69 Å². The molecule has 1 aromatic carbocycles. The molecule has 0 saturated carbocycles. The van der Waals surface area contributed by atoms with Crippen LogP contribution in [0.2, 0.25) is 0 Å². The molecule has 1 amide bonds. The van der Waals surface area contributed by atoms with Crippen LogP contribution >= 0.6 is 0 Å². The lowest BCUT2D eigenvalue weighted by Gasteiger charge is -2.36. The van der Waals surface area contributed by atoms with Crippen molar-refractivity contribution < 1.29 is 4.79 Å². The van der Waals surface area contributed by atoms with Crippen molar-refractivity contribution in [2.24, 2.45) is 5.73 Å². The zero-order chi connectivity index (χ0) is 15.4. The highest BCUT2D eigenvalue weighted by atomic mass is 16.1. The normalized spacial score (nSPS) is 17.3. The molecule has 0 radical (unpaired) electrons. The molecule has 1 saturated heterocycles. The van der Waals surface area contributed by atoms with Crippen LogP contribution in [0.3, 0.4) is 0 Å². The maximum absolute atomic E-state index is 11.1. The minimum Gasteiger partial charge on any atom is -0.398 e. The Morgan fingerprint density at radius 1 is 1.38 bits per heavy atom. The van der Waals surface area contributed by atoms with E-state index in [1.807, 2.05) is 6.07 Å². The molecular formula is C16H26N4O. The Kier molecular flexibility index (Phi) is 5.20. The van der Waals surface area contributed by atoms with E-state index in [-0.39, 0.29) is 0 Å². The minimum absolute atomic E-state index is 0.437. The van der Waals surface area contributed by atoms with E-state index in [9.17, 15) is 4.79 Å². The number of rotatable bonds is 5. The van der Waals surface area contributed by atoms with Crippen LogP contribution in [0.4, 0.5) is 5.69 Å². The first-order valence-electron chi connectivity index (χ1n) is 7.62. The van der Waals surface area contributed by atoms with Crippen LogP contribution in [-0.4, -0.2) is 48.4 Å². The van der Waals surface area contributed by atoms with Crippen LogP contribution in [-0.2, 0) is 6.54 Å². The highest BCUT2D eigenvalue weighted by molar-refractivity contribution is 5.93. The number of hydrogen-bond donors (Lipinski definition) is 2. The highest BCUT2D eigenvalue weighted by Gasteiger charge is 2.22. The largest absolute Gasteiger partial charge is 0.398 e. The Balaban J connectivity index is 1.96. The molecule has 1 aromatic rings. The summed E-state index contributed by atoms with van der Waals surface area (Å²) in [5, 5.41) is 0. The van der Waals surface area contributed by atoms with E-state index in [1.165, 1.54) is 25.9 Å². The molecule has 0 bridgehead atoms. The number of hydrogen-bond acceptors (Lipinski definition) is 4. The summed E-state index contributed by atoms with van der Waals surface area (Å²) in [7, 11) is 2.15. The van der Waals surface area contributed by atoms with E-state index in [2.05, 4.69) is 23.8 Å². The molecule has 116 valence electrons. The predicted molar refractivity (Wildman–Crippen MR) is 86.0 cm³/mol. The van der Waals surface area contributed by atoms with Crippen molar-refractivity contribution in [1.82, 2.24) is 9.80 Å². The molecule has 5 heteroatoms. The van der Waals surface area contributed by atoms with Gasteiger partial charge in [0.1, 0.15) is 0 Å². The van der Waals surface area contributed by atoms with Crippen LogP contribution < -0.4 is 11.5 Å². The number of anilines is 1. The molecule has 21 heavy (non-hydrogen) atoms. The fraction of sp³-hybridized carbons (Fsp3) is 0.562. The second kappa shape index (κ2) is 6.91. The molecule has 1 fully saturated rings. The molecule has 0 unspecified atom stereocenters. The molecule has 1 heterocycles. The van der Waals surface area contributed by atoms with Gasteiger partial charge in [-0.1, -0.05) is 13.0 Å². The Morgan fingerprint density at radius 3 is 2.57 bits per heavy atom. The number of nitrogen functional groups attached to an aromatic ring is 1. The monoisotopic (exact) mass is 290 g/mol. The summed E-state index contributed by atoms with van der Waals surface area (Å²) in [6.45, 7) is 6.49. The topological polar surface area (TPSA) is 75.6 Å². The first-order chi connectivity index (χ1) is 10.0. The number of likely N-dealkylation sites (tertiary alicyclic amines) is 1. The van der Waals surface area contributed by atoms with Crippen molar-refractivity contribution >= 4 is 11.6 Å². The van der Waals surface area contributed by atoms with Gasteiger partial charge in [-0.15, -0.1) is 0 Å². The van der Waals surface area contributed by atoms with Gasteiger partial charge in [-0.2, -0.15) is 0 Å². The minimum atomic E-state index is -0.437. The van der Waals surface area contributed by atoms with Gasteiger partial charge < -0.3 is 16.4 Å². The van der Waals surface area contributed by atoms with Crippen molar-refractivity contribution in [1.29, 1.82) is 0 Å². The van der Waals surface area contributed by atoms with E-state index in [0.29, 0.717) is 17.3 Å². The highest BCUT2D eigenvalue weighted by Crippen LogP contribution is 2.20. The summed E-state index contributed by atoms with van der Waals surface area (Å²) in [6.07, 6.45) is 2.40. The Hall–Kier alpha value is -1.59. The van der Waals surface area contributed by atoms with Gasteiger partial charge in [0.15, 0.2) is 0 Å². The fourth-order valence-electron chi connectivity index (χ4n) is 2.97. The number of carbonyl (C=O) groups is 1. The number of benzene rings is 1. The van der Waals surface area contributed by atoms with Crippen LogP contribution in [0.15, 0.2) is 18.2 Å². The summed E-state index contributed by atoms with van der Waals surface area (Å²) >= 11 is 0. The summed E-state index contributed by atoms with van der Waals surface area (Å²) in [5.74, 6) is -0.437. The average molecular weight is 290 g/mol. The number of amides is 1. The van der Waals surface area contributed by atoms with Crippen molar-refractivity contribution in [3.63, 3.8) is 0 Å². The quantitative estimate of drug-likeness (QED) is 0.801. The lowest BCUT2D eigenvalue weighted by Crippen LogP contribution is -2.42. The summed E-state index contributed by atoms with van der Waals surface area (Å²) in [4.78, 5) is 16.0. The van der Waals surface area contributed by atoms with Crippen LogP contribution in [0.1, 0.15) is 35.7 Å². The molecule has 0 aromatic heterocycles. The van der Waals surface area contributed by atoms with Gasteiger partial charge in [0.05, 0.1) is 0 Å². The SMILES string of the molecule is CCN1CCC(N(C)Cc2ccc(C(N)=O)cc2N)CC1. The molecule has 1 aliphatic heterocycles. The van der Waals surface area contributed by atoms with Gasteiger partial charge >= 0.3 is 0 Å². The number of nitrogens with zero attached hydrogens (tertiary/aromatic N) is 2. The molecule has 2 rings (SSSR count). The van der Waals surface area contributed by atoms with Gasteiger partial charge in [0.2, 0.25) is 5.91 Å². The van der Waals surface area contributed by atoms with E-state index in [0.717, 1.165) is 18.7 Å². The Bertz CT molecular complexity index is 495. The van der Waals surface area contributed by atoms with Crippen LogP contribution in [0, 0.1) is 0 Å². The summed E-state index contributed by atoms with van der Waals surface area (Å²) < 4.78 is 0. The number of nitrogens with two attached hydrogens (primary N) is 2. The van der Waals surface area contributed by atoms with Crippen LogP contribution in [0.25, 0.3) is 0 Å². The van der Waals surface area contributed by atoms with Crippen molar-refractivity contribution in [3.05, 3.63) is 29.3 Å². The third kappa shape index (κ3) is 3.95. The maximum Gasteiger partial charge on any atom is 0.248 e. The van der Waals surface area contributed by atoms with E-state index >= 15 is 0 Å². The van der Waals surface area contributed by atoms with Crippen molar-refractivity contribution in [2.45, 2.75) is 32.4 Å². The number of carbonyl (C=O) groups excluding carboxylic acids is 1. The second-order valence-electron chi connectivity index (χ2n) is 5.86. The number of piperidine rings is 1. The van der Waals surface area contributed by atoms with E-state index in [4.69, 9.17) is 11.5 Å². The zero-order valence-electron chi connectivity index (χ0n) is 13.0.